The molecule has 0 fully saturated rings. The van der Waals surface area contributed by atoms with Gasteiger partial charge in [0, 0.05) is 12.6 Å². The molecule has 0 rings (SSSR count). The van der Waals surface area contributed by atoms with Gasteiger partial charge in [0.15, 0.2) is 0 Å². The number of nitrogens with one attached hydrogen (secondary N) is 1. The first-order valence-corrected chi connectivity index (χ1v) is 7.99. The highest BCUT2D eigenvalue weighted by Gasteiger charge is 2.23. The Labute approximate surface area is 104 Å². The Hall–Kier alpha value is 0.0700. The van der Waals surface area contributed by atoms with E-state index in [0.29, 0.717) is 25.4 Å². The van der Waals surface area contributed by atoms with E-state index in [9.17, 15) is 4.57 Å². The molecule has 17 heavy (non-hydrogen) atoms. The van der Waals surface area contributed by atoms with Gasteiger partial charge in [-0.15, -0.1) is 0 Å². The normalized spacial score (nSPS) is 15.1. The maximum atomic E-state index is 12.2. The Balaban J connectivity index is 4.04. The van der Waals surface area contributed by atoms with E-state index in [1.54, 1.807) is 0 Å². The third-order valence-electron chi connectivity index (χ3n) is 2.10. The molecule has 104 valence electrons. The van der Waals surface area contributed by atoms with Crippen LogP contribution in [-0.4, -0.2) is 43.7 Å². The minimum absolute atomic E-state index is 0.0606. The number of hydrogen-bond acceptors (Lipinski definition) is 5. The van der Waals surface area contributed by atoms with Crippen molar-refractivity contribution in [1.82, 2.24) is 5.32 Å². The van der Waals surface area contributed by atoms with Gasteiger partial charge in [-0.2, -0.15) is 0 Å². The molecule has 1 unspecified atom stereocenters. The summed E-state index contributed by atoms with van der Waals surface area (Å²) < 4.78 is 22.7. The van der Waals surface area contributed by atoms with Crippen LogP contribution in [0.25, 0.3) is 0 Å². The zero-order valence-electron chi connectivity index (χ0n) is 11.1. The van der Waals surface area contributed by atoms with Crippen molar-refractivity contribution in [2.75, 3.05) is 32.5 Å². The Morgan fingerprint density at radius 3 is 2.47 bits per heavy atom. The summed E-state index contributed by atoms with van der Waals surface area (Å²) in [7, 11) is -3.04. The smallest absolute Gasteiger partial charge is 0.332 e. The number of unbranched alkanes of at least 4 members (excludes halogenated alkanes) is 1. The molecule has 0 aromatic rings. The van der Waals surface area contributed by atoms with Gasteiger partial charge in [0.2, 0.25) is 0 Å². The van der Waals surface area contributed by atoms with Crippen LogP contribution in [0.15, 0.2) is 0 Å². The molecule has 6 heteroatoms. The summed E-state index contributed by atoms with van der Waals surface area (Å²) in [6, 6.07) is 0.344. The minimum atomic E-state index is -3.04. The molecule has 0 heterocycles. The van der Waals surface area contributed by atoms with E-state index in [0.717, 1.165) is 12.8 Å². The van der Waals surface area contributed by atoms with Gasteiger partial charge in [-0.3, -0.25) is 4.57 Å². The van der Waals surface area contributed by atoms with Crippen LogP contribution in [-0.2, 0) is 13.6 Å². The first kappa shape index (κ1) is 17.1. The van der Waals surface area contributed by atoms with Gasteiger partial charge in [-0.05, 0) is 6.42 Å². The Morgan fingerprint density at radius 1 is 1.29 bits per heavy atom. The summed E-state index contributed by atoms with van der Waals surface area (Å²) in [5.41, 5.74) is 0. The van der Waals surface area contributed by atoms with Gasteiger partial charge in [0.25, 0.3) is 0 Å². The maximum absolute atomic E-state index is 12.2. The summed E-state index contributed by atoms with van der Waals surface area (Å²) in [5, 5.41) is 11.9. The third kappa shape index (κ3) is 9.74. The molecule has 0 aliphatic carbocycles. The van der Waals surface area contributed by atoms with Crippen molar-refractivity contribution in [3.05, 3.63) is 0 Å². The molecule has 0 spiro atoms. The average molecular weight is 267 g/mol. The van der Waals surface area contributed by atoms with Crippen molar-refractivity contribution in [2.45, 2.75) is 39.7 Å². The fourth-order valence-electron chi connectivity index (χ4n) is 1.18. The molecule has 0 aromatic carbocycles. The number of aliphatic hydroxyl groups is 1. The zero-order chi connectivity index (χ0) is 13.1. The number of rotatable bonds is 11. The Kier molecular flexibility index (Phi) is 10.1. The molecule has 0 aliphatic heterocycles. The molecule has 0 radical (unpaired) electrons. The molecule has 0 aliphatic rings. The minimum Gasteiger partial charge on any atom is -0.394 e. The monoisotopic (exact) mass is 267 g/mol. The zero-order valence-corrected chi connectivity index (χ0v) is 12.0. The second-order valence-electron chi connectivity index (χ2n) is 4.19. The second-order valence-corrected chi connectivity index (χ2v) is 6.37. The van der Waals surface area contributed by atoms with Crippen molar-refractivity contribution < 1.29 is 18.7 Å². The summed E-state index contributed by atoms with van der Waals surface area (Å²) >= 11 is 0. The van der Waals surface area contributed by atoms with Crippen LogP contribution < -0.4 is 5.32 Å². The third-order valence-corrected chi connectivity index (χ3v) is 4.03. The van der Waals surface area contributed by atoms with Crippen LogP contribution in [0.1, 0.15) is 33.6 Å². The SMILES string of the molecule is CCCCOP(=O)(CCNC(C)C)OCCO. The van der Waals surface area contributed by atoms with Gasteiger partial charge >= 0.3 is 7.60 Å². The fraction of sp³-hybridized carbons (Fsp3) is 1.00. The molecular formula is C11H26NO4P. The first-order valence-electron chi connectivity index (χ1n) is 6.26. The van der Waals surface area contributed by atoms with E-state index in [4.69, 9.17) is 14.2 Å². The van der Waals surface area contributed by atoms with Gasteiger partial charge in [-0.25, -0.2) is 0 Å². The summed E-state index contributed by atoms with van der Waals surface area (Å²) in [5.74, 6) is 0. The lowest BCUT2D eigenvalue weighted by Gasteiger charge is -2.19. The van der Waals surface area contributed by atoms with Crippen LogP contribution in [0, 0.1) is 0 Å². The van der Waals surface area contributed by atoms with Crippen LogP contribution in [0.5, 0.6) is 0 Å². The molecule has 0 aromatic heterocycles. The van der Waals surface area contributed by atoms with Crippen LogP contribution in [0.2, 0.25) is 0 Å². The molecule has 0 saturated carbocycles. The molecule has 0 bridgehead atoms. The van der Waals surface area contributed by atoms with E-state index in [-0.39, 0.29) is 13.2 Å². The largest absolute Gasteiger partial charge is 0.394 e. The van der Waals surface area contributed by atoms with Crippen molar-refractivity contribution in [2.24, 2.45) is 0 Å². The molecule has 1 atom stereocenters. The standard InChI is InChI=1S/C11H26NO4P/c1-4-5-8-15-17(14,16-9-7-13)10-6-12-11(2)3/h11-13H,4-10H2,1-3H3. The quantitative estimate of drug-likeness (QED) is 0.443. The predicted octanol–water partition coefficient (Wildman–Crippen LogP) is 2.00. The lowest BCUT2D eigenvalue weighted by Crippen LogP contribution is -2.26. The lowest BCUT2D eigenvalue weighted by molar-refractivity contribution is 0.160. The molecule has 0 saturated heterocycles. The van der Waals surface area contributed by atoms with Crippen LogP contribution >= 0.6 is 7.60 Å². The van der Waals surface area contributed by atoms with Gasteiger partial charge in [0.1, 0.15) is 0 Å². The Bertz CT molecular complexity index is 224. The van der Waals surface area contributed by atoms with Crippen molar-refractivity contribution in [3.8, 4) is 0 Å². The van der Waals surface area contributed by atoms with E-state index >= 15 is 0 Å². The lowest BCUT2D eigenvalue weighted by atomic mass is 10.4. The van der Waals surface area contributed by atoms with Gasteiger partial charge in [0.05, 0.1) is 26.0 Å². The molecule has 0 amide bonds. The van der Waals surface area contributed by atoms with E-state index in [1.165, 1.54) is 0 Å². The topological polar surface area (TPSA) is 67.8 Å². The van der Waals surface area contributed by atoms with Gasteiger partial charge < -0.3 is 19.5 Å². The Morgan fingerprint density at radius 2 is 1.94 bits per heavy atom. The van der Waals surface area contributed by atoms with Crippen LogP contribution in [0.3, 0.4) is 0 Å². The maximum Gasteiger partial charge on any atom is 0.332 e. The molecular weight excluding hydrogens is 241 g/mol. The highest BCUT2D eigenvalue weighted by Crippen LogP contribution is 2.47. The summed E-state index contributed by atoms with van der Waals surface area (Å²) in [6.07, 6.45) is 2.20. The van der Waals surface area contributed by atoms with Crippen molar-refractivity contribution in [1.29, 1.82) is 0 Å². The van der Waals surface area contributed by atoms with E-state index < -0.39 is 7.60 Å². The fourth-order valence-corrected chi connectivity index (χ4v) is 2.69. The second kappa shape index (κ2) is 10.0. The van der Waals surface area contributed by atoms with Gasteiger partial charge in [-0.1, -0.05) is 27.2 Å². The van der Waals surface area contributed by atoms with Crippen molar-refractivity contribution in [3.63, 3.8) is 0 Å². The first-order chi connectivity index (χ1) is 8.04. The van der Waals surface area contributed by atoms with E-state index in [1.807, 2.05) is 20.8 Å². The highest BCUT2D eigenvalue weighted by atomic mass is 31.2. The summed E-state index contributed by atoms with van der Waals surface area (Å²) in [4.78, 5) is 0. The molecule has 5 nitrogen and oxygen atoms in total. The van der Waals surface area contributed by atoms with Crippen molar-refractivity contribution >= 4 is 7.60 Å². The highest BCUT2D eigenvalue weighted by molar-refractivity contribution is 7.53. The predicted molar refractivity (Wildman–Crippen MR) is 69.5 cm³/mol. The summed E-state index contributed by atoms with van der Waals surface area (Å²) in [6.45, 7) is 7.05. The van der Waals surface area contributed by atoms with E-state index in [2.05, 4.69) is 5.32 Å². The van der Waals surface area contributed by atoms with Crippen LogP contribution in [0.4, 0.5) is 0 Å². The number of hydrogen-bond donors (Lipinski definition) is 2. The number of aliphatic hydroxyl groups excluding tert-OH is 1. The molecule has 2 N–H and O–H groups in total. The average Bonchev–Trinajstić information content (AvgIpc) is 2.26.